The molecule has 1 aromatic rings. The third kappa shape index (κ3) is 4.00. The summed E-state index contributed by atoms with van der Waals surface area (Å²) in [5, 5.41) is 3.02. The van der Waals surface area contributed by atoms with Gasteiger partial charge in [0.15, 0.2) is 0 Å². The summed E-state index contributed by atoms with van der Waals surface area (Å²) in [6, 6.07) is 4.37. The van der Waals surface area contributed by atoms with E-state index < -0.39 is 11.8 Å². The van der Waals surface area contributed by atoms with E-state index in [1.54, 1.807) is 6.07 Å². The molecule has 0 amide bonds. The maximum Gasteiger partial charge on any atom is 0.340 e. The maximum absolute atomic E-state index is 13.3. The predicted octanol–water partition coefficient (Wildman–Crippen LogP) is 2.24. The second-order valence-electron chi connectivity index (χ2n) is 3.53. The van der Waals surface area contributed by atoms with Crippen molar-refractivity contribution in [3.8, 4) is 0 Å². The standard InChI is InChI=1S/C13H16FNO2/c1-15-8-4-3-5-10-6-7-12(14)11(9-10)13(16)17-2/h3,5-7,9,15H,4,8H2,1-2H3. The maximum atomic E-state index is 13.3. The number of esters is 1. The third-order valence-electron chi connectivity index (χ3n) is 2.27. The lowest BCUT2D eigenvalue weighted by atomic mass is 10.1. The lowest BCUT2D eigenvalue weighted by Gasteiger charge is -2.02. The summed E-state index contributed by atoms with van der Waals surface area (Å²) in [4.78, 5) is 11.3. The summed E-state index contributed by atoms with van der Waals surface area (Å²) in [6.45, 7) is 0.877. The van der Waals surface area contributed by atoms with Gasteiger partial charge in [0.25, 0.3) is 0 Å². The van der Waals surface area contributed by atoms with E-state index in [0.29, 0.717) is 0 Å². The van der Waals surface area contributed by atoms with E-state index in [-0.39, 0.29) is 5.56 Å². The molecule has 1 N–H and O–H groups in total. The fourth-order valence-corrected chi connectivity index (χ4v) is 1.36. The minimum Gasteiger partial charge on any atom is -0.465 e. The quantitative estimate of drug-likeness (QED) is 0.630. The highest BCUT2D eigenvalue weighted by molar-refractivity contribution is 5.90. The average molecular weight is 237 g/mol. The van der Waals surface area contributed by atoms with Gasteiger partial charge in [0.05, 0.1) is 12.7 Å². The molecule has 0 aliphatic heterocycles. The highest BCUT2D eigenvalue weighted by atomic mass is 19.1. The first-order chi connectivity index (χ1) is 8.19. The van der Waals surface area contributed by atoms with Gasteiger partial charge < -0.3 is 10.1 Å². The summed E-state index contributed by atoms with van der Waals surface area (Å²) in [6.07, 6.45) is 4.69. The van der Waals surface area contributed by atoms with Crippen molar-refractivity contribution in [3.05, 3.63) is 41.2 Å². The van der Waals surface area contributed by atoms with Crippen LogP contribution in [0, 0.1) is 5.82 Å². The number of methoxy groups -OCH3 is 1. The Morgan fingerprint density at radius 3 is 2.94 bits per heavy atom. The zero-order chi connectivity index (χ0) is 12.7. The van der Waals surface area contributed by atoms with Gasteiger partial charge in [-0.3, -0.25) is 0 Å². The first-order valence-electron chi connectivity index (χ1n) is 5.38. The minimum atomic E-state index is -0.659. The third-order valence-corrected chi connectivity index (χ3v) is 2.27. The number of ether oxygens (including phenoxy) is 1. The number of carbonyl (C=O) groups is 1. The van der Waals surface area contributed by atoms with Crippen molar-refractivity contribution in [3.63, 3.8) is 0 Å². The van der Waals surface area contributed by atoms with Gasteiger partial charge in [0.2, 0.25) is 0 Å². The SMILES string of the molecule is CNCCC=Cc1ccc(F)c(C(=O)OC)c1. The second-order valence-corrected chi connectivity index (χ2v) is 3.53. The molecule has 0 heterocycles. The van der Waals surface area contributed by atoms with Gasteiger partial charge in [-0.15, -0.1) is 0 Å². The predicted molar refractivity (Wildman–Crippen MR) is 65.3 cm³/mol. The Kier molecular flexibility index (Phi) is 5.36. The van der Waals surface area contributed by atoms with Gasteiger partial charge in [-0.05, 0) is 37.7 Å². The molecule has 0 radical (unpaired) electrons. The first kappa shape index (κ1) is 13.4. The van der Waals surface area contributed by atoms with Gasteiger partial charge in [-0.1, -0.05) is 18.2 Å². The number of benzene rings is 1. The van der Waals surface area contributed by atoms with Crippen molar-refractivity contribution >= 4 is 12.0 Å². The van der Waals surface area contributed by atoms with Crippen LogP contribution >= 0.6 is 0 Å². The monoisotopic (exact) mass is 237 g/mol. The van der Waals surface area contributed by atoms with Crippen LogP contribution in [0.15, 0.2) is 24.3 Å². The molecular formula is C13H16FNO2. The van der Waals surface area contributed by atoms with Crippen LogP contribution in [0.1, 0.15) is 22.3 Å². The van der Waals surface area contributed by atoms with Gasteiger partial charge in [-0.25, -0.2) is 9.18 Å². The first-order valence-corrected chi connectivity index (χ1v) is 5.38. The van der Waals surface area contributed by atoms with E-state index in [9.17, 15) is 9.18 Å². The molecule has 0 fully saturated rings. The Morgan fingerprint density at radius 2 is 2.29 bits per heavy atom. The van der Waals surface area contributed by atoms with Crippen molar-refractivity contribution in [2.45, 2.75) is 6.42 Å². The zero-order valence-corrected chi connectivity index (χ0v) is 10.00. The number of nitrogens with one attached hydrogen (secondary N) is 1. The van der Waals surface area contributed by atoms with Gasteiger partial charge >= 0.3 is 5.97 Å². The van der Waals surface area contributed by atoms with Crippen LogP contribution in [0.3, 0.4) is 0 Å². The van der Waals surface area contributed by atoms with Crippen molar-refractivity contribution in [2.75, 3.05) is 20.7 Å². The van der Waals surface area contributed by atoms with Crippen LogP contribution in [0.2, 0.25) is 0 Å². The Balaban J connectivity index is 2.81. The van der Waals surface area contributed by atoms with Crippen LogP contribution < -0.4 is 5.32 Å². The molecule has 1 rings (SSSR count). The zero-order valence-electron chi connectivity index (χ0n) is 10.00. The van der Waals surface area contributed by atoms with Crippen LogP contribution in [0.4, 0.5) is 4.39 Å². The van der Waals surface area contributed by atoms with Crippen LogP contribution in [0.25, 0.3) is 6.08 Å². The molecule has 0 spiro atoms. The molecule has 0 aromatic heterocycles. The molecule has 0 aliphatic carbocycles. The summed E-state index contributed by atoms with van der Waals surface area (Å²) in [7, 11) is 3.11. The Bertz CT molecular complexity index is 416. The topological polar surface area (TPSA) is 38.3 Å². The number of carbonyl (C=O) groups excluding carboxylic acids is 1. The van der Waals surface area contributed by atoms with E-state index >= 15 is 0 Å². The molecular weight excluding hydrogens is 221 g/mol. The number of halogens is 1. The van der Waals surface area contributed by atoms with Crippen LogP contribution in [-0.2, 0) is 4.74 Å². The van der Waals surface area contributed by atoms with Crippen molar-refractivity contribution in [1.82, 2.24) is 5.32 Å². The van der Waals surface area contributed by atoms with E-state index in [1.165, 1.54) is 19.2 Å². The minimum absolute atomic E-state index is 0.0386. The van der Waals surface area contributed by atoms with Crippen molar-refractivity contribution in [1.29, 1.82) is 0 Å². The largest absolute Gasteiger partial charge is 0.465 e. The molecule has 0 unspecified atom stereocenters. The Labute approximate surface area is 100 Å². The molecule has 0 aliphatic rings. The fraction of sp³-hybridized carbons (Fsp3) is 0.308. The molecule has 0 saturated heterocycles. The fourth-order valence-electron chi connectivity index (χ4n) is 1.36. The van der Waals surface area contributed by atoms with Crippen molar-refractivity contribution in [2.24, 2.45) is 0 Å². The molecule has 0 bridgehead atoms. The highest BCUT2D eigenvalue weighted by Gasteiger charge is 2.11. The molecule has 1 aromatic carbocycles. The van der Waals surface area contributed by atoms with E-state index in [0.717, 1.165) is 18.5 Å². The number of rotatable bonds is 5. The number of hydrogen-bond donors (Lipinski definition) is 1. The lowest BCUT2D eigenvalue weighted by Crippen LogP contribution is -2.05. The molecule has 0 atom stereocenters. The van der Waals surface area contributed by atoms with Crippen molar-refractivity contribution < 1.29 is 13.9 Å². The summed E-state index contributed by atoms with van der Waals surface area (Å²) in [5.41, 5.74) is 0.742. The molecule has 0 saturated carbocycles. The smallest absolute Gasteiger partial charge is 0.340 e. The Morgan fingerprint density at radius 1 is 1.53 bits per heavy atom. The van der Waals surface area contributed by atoms with E-state index in [2.05, 4.69) is 10.1 Å². The van der Waals surface area contributed by atoms with E-state index in [1.807, 2.05) is 19.2 Å². The summed E-state index contributed by atoms with van der Waals surface area (Å²) in [5.74, 6) is -1.22. The molecule has 4 heteroatoms. The summed E-state index contributed by atoms with van der Waals surface area (Å²) < 4.78 is 17.8. The van der Waals surface area contributed by atoms with Gasteiger partial charge in [0, 0.05) is 0 Å². The normalized spacial score (nSPS) is 10.8. The molecule has 17 heavy (non-hydrogen) atoms. The number of hydrogen-bond acceptors (Lipinski definition) is 3. The summed E-state index contributed by atoms with van der Waals surface area (Å²) >= 11 is 0. The highest BCUT2D eigenvalue weighted by Crippen LogP contribution is 2.13. The lowest BCUT2D eigenvalue weighted by molar-refractivity contribution is 0.0595. The van der Waals surface area contributed by atoms with Crippen LogP contribution in [0.5, 0.6) is 0 Å². The van der Waals surface area contributed by atoms with E-state index in [4.69, 9.17) is 0 Å². The second kappa shape index (κ2) is 6.81. The van der Waals surface area contributed by atoms with Gasteiger partial charge in [-0.2, -0.15) is 0 Å². The molecule has 92 valence electrons. The Hall–Kier alpha value is -1.68. The average Bonchev–Trinajstić information content (AvgIpc) is 2.35. The van der Waals surface area contributed by atoms with Crippen LogP contribution in [-0.4, -0.2) is 26.7 Å². The molecule has 3 nitrogen and oxygen atoms in total. The van der Waals surface area contributed by atoms with Gasteiger partial charge in [0.1, 0.15) is 5.82 Å².